The molecule has 5 nitrogen and oxygen atoms in total. The number of nitrogens with one attached hydrogen (secondary N) is 2. The summed E-state index contributed by atoms with van der Waals surface area (Å²) in [5, 5.41) is 5.34. The number of aromatic nitrogens is 1. The average molecular weight is 331 g/mol. The highest BCUT2D eigenvalue weighted by Crippen LogP contribution is 2.21. The van der Waals surface area contributed by atoms with Gasteiger partial charge in [-0.05, 0) is 50.1 Å². The van der Waals surface area contributed by atoms with Crippen LogP contribution in [0.5, 0.6) is 5.75 Å². The zero-order valence-corrected chi connectivity index (χ0v) is 14.1. The van der Waals surface area contributed by atoms with Gasteiger partial charge in [-0.3, -0.25) is 4.98 Å². The van der Waals surface area contributed by atoms with E-state index in [0.717, 1.165) is 11.3 Å². The summed E-state index contributed by atoms with van der Waals surface area (Å²) < 4.78 is 19.2. The molecule has 0 aliphatic heterocycles. The van der Waals surface area contributed by atoms with Crippen LogP contribution in [0, 0.1) is 12.7 Å². The lowest BCUT2D eigenvalue weighted by molar-refractivity contribution is 0.248. The number of ether oxygens (including phenoxy) is 1. The topological polar surface area (TPSA) is 63.2 Å². The lowest BCUT2D eigenvalue weighted by atomic mass is 10.1. The molecule has 6 heteroatoms. The van der Waals surface area contributed by atoms with E-state index in [4.69, 9.17) is 4.74 Å². The summed E-state index contributed by atoms with van der Waals surface area (Å²) in [4.78, 5) is 16.4. The minimum absolute atomic E-state index is 0.100. The number of pyridine rings is 1. The molecule has 2 amide bonds. The number of carbonyl (C=O) groups excluding carboxylic acids is 1. The van der Waals surface area contributed by atoms with Crippen molar-refractivity contribution in [3.63, 3.8) is 0 Å². The van der Waals surface area contributed by atoms with Crippen LogP contribution in [0.1, 0.15) is 37.6 Å². The molecule has 0 aliphatic carbocycles. The van der Waals surface area contributed by atoms with Gasteiger partial charge in [-0.15, -0.1) is 0 Å². The van der Waals surface area contributed by atoms with Crippen LogP contribution >= 0.6 is 0 Å². The molecule has 0 bridgehead atoms. The summed E-state index contributed by atoms with van der Waals surface area (Å²) in [6, 6.07) is 7.44. The van der Waals surface area contributed by atoms with Crippen molar-refractivity contribution in [1.29, 1.82) is 0 Å². The van der Waals surface area contributed by atoms with E-state index in [1.165, 1.54) is 12.1 Å². The zero-order valence-electron chi connectivity index (χ0n) is 14.1. The molecule has 24 heavy (non-hydrogen) atoms. The molecule has 2 rings (SSSR count). The van der Waals surface area contributed by atoms with Crippen LogP contribution in [0.4, 0.5) is 14.9 Å². The maximum atomic E-state index is 14.0. The second-order valence-corrected chi connectivity index (χ2v) is 5.39. The maximum absolute atomic E-state index is 14.0. The molecular weight excluding hydrogens is 309 g/mol. The van der Waals surface area contributed by atoms with Crippen LogP contribution in [-0.2, 0) is 0 Å². The van der Waals surface area contributed by atoms with Crippen LogP contribution in [0.15, 0.2) is 36.5 Å². The number of anilines is 1. The van der Waals surface area contributed by atoms with E-state index < -0.39 is 11.8 Å². The van der Waals surface area contributed by atoms with Crippen molar-refractivity contribution in [3.05, 3.63) is 53.6 Å². The van der Waals surface area contributed by atoms with Crippen molar-refractivity contribution in [1.82, 2.24) is 10.3 Å². The van der Waals surface area contributed by atoms with E-state index in [9.17, 15) is 9.18 Å². The van der Waals surface area contributed by atoms with Crippen LogP contribution in [0.2, 0.25) is 0 Å². The first-order valence-corrected chi connectivity index (χ1v) is 7.95. The van der Waals surface area contributed by atoms with Gasteiger partial charge in [-0.25, -0.2) is 9.18 Å². The first-order valence-electron chi connectivity index (χ1n) is 7.95. The summed E-state index contributed by atoms with van der Waals surface area (Å²) in [5.41, 5.74) is 1.95. The predicted molar refractivity (Wildman–Crippen MR) is 91.7 cm³/mol. The minimum Gasteiger partial charge on any atom is -0.494 e. The number of amides is 2. The van der Waals surface area contributed by atoms with Gasteiger partial charge in [0.15, 0.2) is 0 Å². The first-order chi connectivity index (χ1) is 11.5. The predicted octanol–water partition coefficient (Wildman–Crippen LogP) is 4.20. The second kappa shape index (κ2) is 8.29. The Morgan fingerprint density at radius 1 is 1.29 bits per heavy atom. The Labute approximate surface area is 141 Å². The number of carbonyl (C=O) groups is 1. The molecule has 1 aromatic carbocycles. The normalized spacial score (nSPS) is 11.7. The summed E-state index contributed by atoms with van der Waals surface area (Å²) in [7, 11) is 0. The number of nitrogens with zero attached hydrogens (tertiary/aromatic N) is 1. The highest BCUT2D eigenvalue weighted by molar-refractivity contribution is 5.89. The van der Waals surface area contributed by atoms with Crippen molar-refractivity contribution >= 4 is 11.7 Å². The third-order valence-corrected chi connectivity index (χ3v) is 3.51. The number of urea groups is 1. The summed E-state index contributed by atoms with van der Waals surface area (Å²) in [6.07, 6.45) is 2.38. The van der Waals surface area contributed by atoms with Gasteiger partial charge in [0.05, 0.1) is 24.0 Å². The summed E-state index contributed by atoms with van der Waals surface area (Å²) in [5.74, 6) is -0.116. The Hall–Kier alpha value is -2.63. The Morgan fingerprint density at radius 2 is 2.08 bits per heavy atom. The van der Waals surface area contributed by atoms with Crippen LogP contribution < -0.4 is 15.4 Å². The molecule has 0 unspecified atom stereocenters. The molecule has 0 radical (unpaired) electrons. The monoisotopic (exact) mass is 331 g/mol. The maximum Gasteiger partial charge on any atom is 0.319 e. The SMILES string of the molecule is CCOc1ccc(NC(=O)N[C@@H](CC)c2cc(C)ccn2)c(F)c1. The number of benzene rings is 1. The summed E-state index contributed by atoms with van der Waals surface area (Å²) >= 11 is 0. The highest BCUT2D eigenvalue weighted by Gasteiger charge is 2.15. The zero-order chi connectivity index (χ0) is 17.5. The van der Waals surface area contributed by atoms with Gasteiger partial charge >= 0.3 is 6.03 Å². The van der Waals surface area contributed by atoms with Gasteiger partial charge < -0.3 is 15.4 Å². The molecule has 1 aromatic heterocycles. The molecule has 2 N–H and O–H groups in total. The lowest BCUT2D eigenvalue weighted by Gasteiger charge is -2.17. The van der Waals surface area contributed by atoms with Gasteiger partial charge in [-0.2, -0.15) is 0 Å². The van der Waals surface area contributed by atoms with Crippen LogP contribution in [-0.4, -0.2) is 17.6 Å². The molecule has 1 heterocycles. The Bertz CT molecular complexity index is 706. The Balaban J connectivity index is 2.04. The highest BCUT2D eigenvalue weighted by atomic mass is 19.1. The number of hydrogen-bond acceptors (Lipinski definition) is 3. The third-order valence-electron chi connectivity index (χ3n) is 3.51. The largest absolute Gasteiger partial charge is 0.494 e. The van der Waals surface area contributed by atoms with Gasteiger partial charge in [0.2, 0.25) is 0 Å². The van der Waals surface area contributed by atoms with Gasteiger partial charge in [0.25, 0.3) is 0 Å². The molecule has 0 fully saturated rings. The fraction of sp³-hybridized carbons (Fsp3) is 0.333. The van der Waals surface area contributed by atoms with E-state index in [1.54, 1.807) is 12.3 Å². The van der Waals surface area contributed by atoms with E-state index >= 15 is 0 Å². The molecule has 0 aliphatic rings. The second-order valence-electron chi connectivity index (χ2n) is 5.39. The quantitative estimate of drug-likeness (QED) is 0.834. The lowest BCUT2D eigenvalue weighted by Crippen LogP contribution is -2.33. The standard InChI is InChI=1S/C18H22FN3O2/c1-4-15(17-10-12(3)8-9-20-17)21-18(23)22-16-7-6-13(24-5-2)11-14(16)19/h6-11,15H,4-5H2,1-3H3,(H2,21,22,23)/t15-/m0/s1. The van der Waals surface area contributed by atoms with Crippen molar-refractivity contribution in [3.8, 4) is 5.75 Å². The number of halogens is 1. The molecule has 1 atom stereocenters. The average Bonchev–Trinajstić information content (AvgIpc) is 2.55. The molecule has 0 spiro atoms. The Kier molecular flexibility index (Phi) is 6.12. The fourth-order valence-corrected chi connectivity index (χ4v) is 2.31. The van der Waals surface area contributed by atoms with Crippen LogP contribution in [0.25, 0.3) is 0 Å². The van der Waals surface area contributed by atoms with Crippen molar-refractivity contribution in [2.24, 2.45) is 0 Å². The molecule has 128 valence electrons. The van der Waals surface area contributed by atoms with Crippen molar-refractivity contribution < 1.29 is 13.9 Å². The molecule has 0 saturated heterocycles. The third kappa shape index (κ3) is 4.68. The minimum atomic E-state index is -0.544. The van der Waals surface area contributed by atoms with Crippen LogP contribution in [0.3, 0.4) is 0 Å². The first kappa shape index (κ1) is 17.7. The molecular formula is C18H22FN3O2. The van der Waals surface area contributed by atoms with E-state index in [1.807, 2.05) is 32.9 Å². The number of hydrogen-bond donors (Lipinski definition) is 2. The van der Waals surface area contributed by atoms with Crippen molar-refractivity contribution in [2.45, 2.75) is 33.2 Å². The number of aryl methyl sites for hydroxylation is 1. The smallest absolute Gasteiger partial charge is 0.319 e. The van der Waals surface area contributed by atoms with E-state index in [2.05, 4.69) is 15.6 Å². The summed E-state index contributed by atoms with van der Waals surface area (Å²) in [6.45, 7) is 6.19. The van der Waals surface area contributed by atoms with Gasteiger partial charge in [0.1, 0.15) is 11.6 Å². The van der Waals surface area contributed by atoms with Gasteiger partial charge in [0, 0.05) is 12.3 Å². The molecule has 2 aromatic rings. The van der Waals surface area contributed by atoms with Crippen molar-refractivity contribution in [2.75, 3.05) is 11.9 Å². The Morgan fingerprint density at radius 3 is 2.71 bits per heavy atom. The van der Waals surface area contributed by atoms with E-state index in [-0.39, 0.29) is 11.7 Å². The number of rotatable bonds is 6. The fourth-order valence-electron chi connectivity index (χ4n) is 2.31. The van der Waals surface area contributed by atoms with Gasteiger partial charge in [-0.1, -0.05) is 6.92 Å². The van der Waals surface area contributed by atoms with E-state index in [0.29, 0.717) is 18.8 Å². The molecule has 0 saturated carbocycles.